The first-order valence-corrected chi connectivity index (χ1v) is 12.2. The van der Waals surface area contributed by atoms with Crippen LogP contribution in [0.15, 0.2) is 71.4 Å². The third-order valence-electron chi connectivity index (χ3n) is 6.69. The highest BCUT2D eigenvalue weighted by atomic mass is 32.1. The van der Waals surface area contributed by atoms with E-state index in [1.54, 1.807) is 23.3 Å². The quantitative estimate of drug-likeness (QED) is 0.486. The van der Waals surface area contributed by atoms with E-state index in [2.05, 4.69) is 0 Å². The summed E-state index contributed by atoms with van der Waals surface area (Å²) in [6.45, 7) is 0.486. The normalized spacial score (nSPS) is 20.3. The Morgan fingerprint density at radius 1 is 1.03 bits per heavy atom. The summed E-state index contributed by atoms with van der Waals surface area (Å²) in [5, 5.41) is 4.00. The second-order valence-electron chi connectivity index (χ2n) is 9.06. The molecular formula is C27H26N2O3S. The van der Waals surface area contributed by atoms with Crippen LogP contribution in [0.2, 0.25) is 0 Å². The summed E-state index contributed by atoms with van der Waals surface area (Å²) >= 11 is 1.59. The fourth-order valence-electron chi connectivity index (χ4n) is 4.68. The Balaban J connectivity index is 1.46. The van der Waals surface area contributed by atoms with Crippen molar-refractivity contribution in [2.45, 2.75) is 43.7 Å². The van der Waals surface area contributed by atoms with Crippen LogP contribution in [0.3, 0.4) is 0 Å². The third kappa shape index (κ3) is 4.11. The molecule has 1 atom stereocenters. The van der Waals surface area contributed by atoms with E-state index in [9.17, 15) is 14.4 Å². The molecule has 1 saturated heterocycles. The Morgan fingerprint density at radius 2 is 1.73 bits per heavy atom. The van der Waals surface area contributed by atoms with Gasteiger partial charge in [-0.25, -0.2) is 0 Å². The number of likely N-dealkylation sites (tertiary alicyclic amines) is 1. The lowest BCUT2D eigenvalue weighted by molar-refractivity contribution is -0.143. The van der Waals surface area contributed by atoms with Crippen LogP contribution in [-0.2, 0) is 26.3 Å². The van der Waals surface area contributed by atoms with Crippen molar-refractivity contribution in [3.8, 4) is 11.1 Å². The number of carbonyl (C=O) groups is 3. The van der Waals surface area contributed by atoms with Gasteiger partial charge in [0.1, 0.15) is 0 Å². The Labute approximate surface area is 197 Å². The molecule has 2 aliphatic rings. The van der Waals surface area contributed by atoms with E-state index in [0.29, 0.717) is 6.54 Å². The maximum absolute atomic E-state index is 13.7. The van der Waals surface area contributed by atoms with Crippen LogP contribution < -0.4 is 0 Å². The number of rotatable bonds is 7. The first-order valence-electron chi connectivity index (χ1n) is 11.3. The second-order valence-corrected chi connectivity index (χ2v) is 9.84. The number of thiophene rings is 1. The minimum absolute atomic E-state index is 0.00546. The van der Waals surface area contributed by atoms with Crippen LogP contribution in [-0.4, -0.2) is 40.6 Å². The highest BCUT2D eigenvalue weighted by molar-refractivity contribution is 7.07. The summed E-state index contributed by atoms with van der Waals surface area (Å²) in [4.78, 5) is 43.0. The first kappa shape index (κ1) is 21.6. The molecule has 5 nitrogen and oxygen atoms in total. The van der Waals surface area contributed by atoms with E-state index < -0.39 is 5.41 Å². The molecule has 0 bridgehead atoms. The zero-order valence-corrected chi connectivity index (χ0v) is 19.4. The van der Waals surface area contributed by atoms with Crippen molar-refractivity contribution in [2.24, 2.45) is 0 Å². The first-order chi connectivity index (χ1) is 16.0. The third-order valence-corrected chi connectivity index (χ3v) is 7.42. The molecule has 0 N–H and O–H groups in total. The predicted molar refractivity (Wildman–Crippen MR) is 128 cm³/mol. The van der Waals surface area contributed by atoms with E-state index in [1.807, 2.05) is 71.4 Å². The standard InChI is InChI=1S/C27H26N2O3S/c1-28(17-19-13-14-33-18-19)24(30)15-27(16-25(31)29(26(27)32)23-11-12-23)22-9-7-21(8-10-22)20-5-3-2-4-6-20/h2-10,13-14,18,23H,11-12,15-17H2,1H3. The smallest absolute Gasteiger partial charge is 0.241 e. The zero-order chi connectivity index (χ0) is 23.0. The lowest BCUT2D eigenvalue weighted by Gasteiger charge is -2.29. The van der Waals surface area contributed by atoms with Crippen LogP contribution >= 0.6 is 11.3 Å². The van der Waals surface area contributed by atoms with Crippen molar-refractivity contribution in [1.82, 2.24) is 9.80 Å². The van der Waals surface area contributed by atoms with Gasteiger partial charge in [0.05, 0.1) is 5.41 Å². The van der Waals surface area contributed by atoms with Gasteiger partial charge < -0.3 is 4.90 Å². The molecular weight excluding hydrogens is 432 g/mol. The molecule has 1 aliphatic heterocycles. The van der Waals surface area contributed by atoms with Crippen LogP contribution in [0.5, 0.6) is 0 Å². The fraction of sp³-hybridized carbons (Fsp3) is 0.296. The summed E-state index contributed by atoms with van der Waals surface area (Å²) < 4.78 is 0. The van der Waals surface area contributed by atoms with Crippen molar-refractivity contribution in [1.29, 1.82) is 0 Å². The lowest BCUT2D eigenvalue weighted by atomic mass is 9.75. The van der Waals surface area contributed by atoms with Gasteiger partial charge in [0.15, 0.2) is 0 Å². The topological polar surface area (TPSA) is 57.7 Å². The highest BCUT2D eigenvalue weighted by Crippen LogP contribution is 2.44. The summed E-state index contributed by atoms with van der Waals surface area (Å²) in [6.07, 6.45) is 1.75. The SMILES string of the molecule is CN(Cc1ccsc1)C(=O)CC1(c2ccc(-c3ccccc3)cc2)CC(=O)N(C2CC2)C1=O. The lowest BCUT2D eigenvalue weighted by Crippen LogP contribution is -2.43. The van der Waals surface area contributed by atoms with Gasteiger partial charge >= 0.3 is 0 Å². The Kier molecular flexibility index (Phi) is 5.62. The molecule has 1 aromatic heterocycles. The van der Waals surface area contributed by atoms with Crippen molar-refractivity contribution in [3.05, 3.63) is 82.6 Å². The van der Waals surface area contributed by atoms with Crippen molar-refractivity contribution >= 4 is 29.1 Å². The van der Waals surface area contributed by atoms with Crippen molar-refractivity contribution in [2.75, 3.05) is 7.05 Å². The van der Waals surface area contributed by atoms with Crippen LogP contribution in [0.1, 0.15) is 36.8 Å². The maximum Gasteiger partial charge on any atom is 0.241 e. The van der Waals surface area contributed by atoms with Gasteiger partial charge in [-0.15, -0.1) is 0 Å². The number of amides is 3. The number of hydrogen-bond donors (Lipinski definition) is 0. The van der Waals surface area contributed by atoms with Crippen LogP contribution in [0.25, 0.3) is 11.1 Å². The van der Waals surface area contributed by atoms with E-state index in [4.69, 9.17) is 0 Å². The van der Waals surface area contributed by atoms with Gasteiger partial charge in [-0.2, -0.15) is 11.3 Å². The molecule has 2 aromatic carbocycles. The Morgan fingerprint density at radius 3 is 2.36 bits per heavy atom. The molecule has 1 saturated carbocycles. The van der Waals surface area contributed by atoms with Crippen LogP contribution in [0.4, 0.5) is 0 Å². The fourth-order valence-corrected chi connectivity index (χ4v) is 5.34. The Bertz CT molecular complexity index is 1170. The van der Waals surface area contributed by atoms with Crippen molar-refractivity contribution < 1.29 is 14.4 Å². The van der Waals surface area contributed by atoms with Gasteiger partial charge in [-0.05, 0) is 51.9 Å². The van der Waals surface area contributed by atoms with E-state index in [0.717, 1.165) is 35.1 Å². The molecule has 1 unspecified atom stereocenters. The number of nitrogens with zero attached hydrogens (tertiary/aromatic N) is 2. The zero-order valence-electron chi connectivity index (χ0n) is 18.6. The number of imide groups is 1. The average Bonchev–Trinajstić information content (AvgIpc) is 3.46. The largest absolute Gasteiger partial charge is 0.341 e. The molecule has 0 spiro atoms. The van der Waals surface area contributed by atoms with Crippen LogP contribution in [0, 0.1) is 0 Å². The Hall–Kier alpha value is -3.25. The number of hydrogen-bond acceptors (Lipinski definition) is 4. The molecule has 6 heteroatoms. The second kappa shape index (κ2) is 8.60. The van der Waals surface area contributed by atoms with E-state index in [-0.39, 0.29) is 36.6 Å². The molecule has 2 heterocycles. The van der Waals surface area contributed by atoms with Gasteiger partial charge in [0.2, 0.25) is 17.7 Å². The molecule has 3 amide bonds. The minimum atomic E-state index is -1.14. The predicted octanol–water partition coefficient (Wildman–Crippen LogP) is 4.62. The number of carbonyl (C=O) groups excluding carboxylic acids is 3. The van der Waals surface area contributed by atoms with Gasteiger partial charge in [0.25, 0.3) is 0 Å². The average molecular weight is 459 g/mol. The monoisotopic (exact) mass is 458 g/mol. The molecule has 3 aromatic rings. The molecule has 1 aliphatic carbocycles. The van der Waals surface area contributed by atoms with Gasteiger partial charge in [-0.3, -0.25) is 19.3 Å². The minimum Gasteiger partial charge on any atom is -0.341 e. The molecule has 168 valence electrons. The molecule has 0 radical (unpaired) electrons. The maximum atomic E-state index is 13.7. The van der Waals surface area contributed by atoms with Crippen molar-refractivity contribution in [3.63, 3.8) is 0 Å². The van der Waals surface area contributed by atoms with Gasteiger partial charge in [0, 0.05) is 32.5 Å². The molecule has 5 rings (SSSR count). The summed E-state index contributed by atoms with van der Waals surface area (Å²) in [5.74, 6) is -0.519. The highest BCUT2D eigenvalue weighted by Gasteiger charge is 2.57. The molecule has 2 fully saturated rings. The summed E-state index contributed by atoms with van der Waals surface area (Å²) in [5.41, 5.74) is 2.77. The van der Waals surface area contributed by atoms with E-state index in [1.165, 1.54) is 4.90 Å². The van der Waals surface area contributed by atoms with E-state index >= 15 is 0 Å². The molecule has 33 heavy (non-hydrogen) atoms. The summed E-state index contributed by atoms with van der Waals surface area (Å²) in [6, 6.07) is 19.8. The number of benzene rings is 2. The summed E-state index contributed by atoms with van der Waals surface area (Å²) in [7, 11) is 1.76. The van der Waals surface area contributed by atoms with Gasteiger partial charge in [-0.1, -0.05) is 54.6 Å².